The van der Waals surface area contributed by atoms with Gasteiger partial charge in [-0.2, -0.15) is 0 Å². The van der Waals surface area contributed by atoms with Crippen molar-refractivity contribution in [2.75, 3.05) is 6.54 Å². The molecule has 0 aromatic heterocycles. The van der Waals surface area contributed by atoms with Crippen molar-refractivity contribution in [3.8, 4) is 0 Å². The van der Waals surface area contributed by atoms with Gasteiger partial charge in [0, 0.05) is 12.8 Å². The Kier molecular flexibility index (Phi) is 5.44. The molecule has 0 spiro atoms. The summed E-state index contributed by atoms with van der Waals surface area (Å²) < 4.78 is 5.40. The van der Waals surface area contributed by atoms with E-state index in [2.05, 4.69) is 26.1 Å². The first kappa shape index (κ1) is 14.5. The van der Waals surface area contributed by atoms with Gasteiger partial charge in [0.05, 0.1) is 0 Å². The maximum Gasteiger partial charge on any atom is 0.304 e. The van der Waals surface area contributed by atoms with Crippen LogP contribution in [0.2, 0.25) is 0 Å². The van der Waals surface area contributed by atoms with E-state index in [1.165, 1.54) is 32.6 Å². The van der Waals surface area contributed by atoms with Crippen molar-refractivity contribution in [1.82, 2.24) is 5.32 Å². The lowest BCUT2D eigenvalue weighted by atomic mass is 9.92. The van der Waals surface area contributed by atoms with Gasteiger partial charge in [0.1, 0.15) is 0 Å². The summed E-state index contributed by atoms with van der Waals surface area (Å²) in [5, 5.41) is 3.41. The van der Waals surface area contributed by atoms with E-state index in [-0.39, 0.29) is 12.2 Å². The van der Waals surface area contributed by atoms with E-state index in [9.17, 15) is 4.79 Å². The molecule has 0 amide bonds. The number of nitrogens with one attached hydrogen (secondary N) is 1. The molecule has 17 heavy (non-hydrogen) atoms. The minimum Gasteiger partial charge on any atom is -0.446 e. The summed E-state index contributed by atoms with van der Waals surface area (Å²) in [5.41, 5.74) is 0.323. The van der Waals surface area contributed by atoms with Crippen LogP contribution in [-0.2, 0) is 9.53 Å². The Bertz CT molecular complexity index is 239. The Balaban J connectivity index is 2.37. The van der Waals surface area contributed by atoms with E-state index in [1.807, 2.05) is 0 Å². The molecule has 3 nitrogen and oxygen atoms in total. The first-order chi connectivity index (χ1) is 7.88. The predicted molar refractivity (Wildman–Crippen MR) is 69.6 cm³/mol. The van der Waals surface area contributed by atoms with Crippen LogP contribution in [-0.4, -0.2) is 18.7 Å². The number of carbonyl (C=O) groups excluding carboxylic acids is 1. The third-order valence-corrected chi connectivity index (χ3v) is 3.34. The van der Waals surface area contributed by atoms with E-state index in [0.29, 0.717) is 11.3 Å². The number of hydrogen-bond acceptors (Lipinski definition) is 3. The monoisotopic (exact) mass is 241 g/mol. The summed E-state index contributed by atoms with van der Waals surface area (Å²) in [6, 6.07) is 0. The fourth-order valence-corrected chi connectivity index (χ4v) is 2.33. The molecule has 0 saturated heterocycles. The van der Waals surface area contributed by atoms with Gasteiger partial charge in [-0.05, 0) is 31.2 Å². The van der Waals surface area contributed by atoms with Gasteiger partial charge >= 0.3 is 5.97 Å². The number of ether oxygens (including phenoxy) is 1. The Morgan fingerprint density at radius 2 is 1.94 bits per heavy atom. The lowest BCUT2D eigenvalue weighted by Crippen LogP contribution is -2.40. The van der Waals surface area contributed by atoms with Gasteiger partial charge in [-0.25, -0.2) is 0 Å². The molecule has 0 unspecified atom stereocenters. The van der Waals surface area contributed by atoms with Crippen LogP contribution in [0.3, 0.4) is 0 Å². The maximum atomic E-state index is 11.1. The fraction of sp³-hybridized carbons (Fsp3) is 0.929. The highest BCUT2D eigenvalue weighted by molar-refractivity contribution is 5.66. The average Bonchev–Trinajstić information content (AvgIpc) is 2.66. The second-order valence-electron chi connectivity index (χ2n) is 6.34. The van der Waals surface area contributed by atoms with Crippen LogP contribution in [0.25, 0.3) is 0 Å². The average molecular weight is 241 g/mol. The summed E-state index contributed by atoms with van der Waals surface area (Å²) in [7, 11) is 0. The third-order valence-electron chi connectivity index (χ3n) is 3.34. The summed E-state index contributed by atoms with van der Waals surface area (Å²) in [6.07, 6.45) is 5.92. The van der Waals surface area contributed by atoms with Crippen molar-refractivity contribution in [3.05, 3.63) is 0 Å². The van der Waals surface area contributed by atoms with Gasteiger partial charge in [0.25, 0.3) is 0 Å². The molecule has 1 aliphatic carbocycles. The van der Waals surface area contributed by atoms with Gasteiger partial charge in [-0.15, -0.1) is 0 Å². The molecule has 0 bridgehead atoms. The summed E-state index contributed by atoms with van der Waals surface area (Å²) >= 11 is 0. The molecular formula is C14H27NO2. The van der Waals surface area contributed by atoms with E-state index in [0.717, 1.165) is 13.0 Å². The van der Waals surface area contributed by atoms with E-state index in [4.69, 9.17) is 4.74 Å². The summed E-state index contributed by atoms with van der Waals surface area (Å²) in [4.78, 5) is 11.1. The first-order valence-corrected chi connectivity index (χ1v) is 6.79. The topological polar surface area (TPSA) is 38.3 Å². The Morgan fingerprint density at radius 1 is 1.35 bits per heavy atom. The highest BCUT2D eigenvalue weighted by Gasteiger charge is 2.27. The van der Waals surface area contributed by atoms with Crippen molar-refractivity contribution < 1.29 is 9.53 Å². The fourth-order valence-electron chi connectivity index (χ4n) is 2.33. The van der Waals surface area contributed by atoms with Crippen molar-refractivity contribution in [2.24, 2.45) is 11.3 Å². The maximum absolute atomic E-state index is 11.1. The minimum atomic E-state index is -0.176. The molecule has 1 N–H and O–H groups in total. The highest BCUT2D eigenvalue weighted by atomic mass is 16.6. The molecule has 0 aromatic rings. The van der Waals surface area contributed by atoms with Gasteiger partial charge in [0.2, 0.25) is 0 Å². The van der Waals surface area contributed by atoms with E-state index in [1.54, 1.807) is 0 Å². The van der Waals surface area contributed by atoms with Gasteiger partial charge in [0.15, 0.2) is 6.23 Å². The van der Waals surface area contributed by atoms with Crippen LogP contribution in [0.4, 0.5) is 0 Å². The zero-order valence-corrected chi connectivity index (χ0v) is 11.7. The second kappa shape index (κ2) is 6.39. The van der Waals surface area contributed by atoms with E-state index >= 15 is 0 Å². The highest BCUT2D eigenvalue weighted by Crippen LogP contribution is 2.28. The number of carbonyl (C=O) groups is 1. The van der Waals surface area contributed by atoms with Gasteiger partial charge < -0.3 is 4.74 Å². The van der Waals surface area contributed by atoms with Crippen LogP contribution in [0.1, 0.15) is 59.8 Å². The lowest BCUT2D eigenvalue weighted by molar-refractivity contribution is -0.151. The van der Waals surface area contributed by atoms with Crippen LogP contribution in [0.5, 0.6) is 0 Å². The van der Waals surface area contributed by atoms with Gasteiger partial charge in [-0.3, -0.25) is 10.1 Å². The minimum absolute atomic E-state index is 0.0719. The molecule has 1 aliphatic rings. The SMILES string of the molecule is CC(=O)O[C@H](NCCC(C)(C)C)C1CCCC1. The van der Waals surface area contributed by atoms with Crippen LogP contribution < -0.4 is 5.32 Å². The molecule has 1 atom stereocenters. The lowest BCUT2D eigenvalue weighted by Gasteiger charge is -2.26. The summed E-state index contributed by atoms with van der Waals surface area (Å²) in [5.74, 6) is 0.337. The Morgan fingerprint density at radius 3 is 2.41 bits per heavy atom. The summed E-state index contributed by atoms with van der Waals surface area (Å²) in [6.45, 7) is 9.09. The number of esters is 1. The number of rotatable bonds is 5. The molecule has 0 aromatic carbocycles. The van der Waals surface area contributed by atoms with Crippen molar-refractivity contribution in [2.45, 2.75) is 66.0 Å². The molecule has 0 radical (unpaired) electrons. The van der Waals surface area contributed by atoms with Crippen LogP contribution >= 0.6 is 0 Å². The zero-order chi connectivity index (χ0) is 12.9. The van der Waals surface area contributed by atoms with Crippen LogP contribution in [0.15, 0.2) is 0 Å². The smallest absolute Gasteiger partial charge is 0.304 e. The van der Waals surface area contributed by atoms with Crippen molar-refractivity contribution in [1.29, 1.82) is 0 Å². The normalized spacial score (nSPS) is 19.3. The molecule has 1 rings (SSSR count). The molecular weight excluding hydrogens is 214 g/mol. The zero-order valence-electron chi connectivity index (χ0n) is 11.7. The Hall–Kier alpha value is -0.570. The molecule has 0 heterocycles. The predicted octanol–water partition coefficient (Wildman–Crippen LogP) is 3.09. The van der Waals surface area contributed by atoms with E-state index < -0.39 is 0 Å². The molecule has 1 fully saturated rings. The molecule has 1 saturated carbocycles. The molecule has 0 aliphatic heterocycles. The number of hydrogen-bond donors (Lipinski definition) is 1. The quantitative estimate of drug-likeness (QED) is 0.594. The Labute approximate surface area is 105 Å². The molecule has 100 valence electrons. The van der Waals surface area contributed by atoms with Crippen LogP contribution in [0, 0.1) is 11.3 Å². The van der Waals surface area contributed by atoms with Crippen molar-refractivity contribution >= 4 is 5.97 Å². The van der Waals surface area contributed by atoms with Gasteiger partial charge in [-0.1, -0.05) is 33.6 Å². The van der Waals surface area contributed by atoms with Crippen molar-refractivity contribution in [3.63, 3.8) is 0 Å². The standard InChI is InChI=1S/C14H27NO2/c1-11(16)17-13(12-7-5-6-8-12)15-10-9-14(2,3)4/h12-13,15H,5-10H2,1-4H3/t13-/m0/s1. The third kappa shape index (κ3) is 6.06. The first-order valence-electron chi connectivity index (χ1n) is 6.79. The molecule has 3 heteroatoms. The largest absolute Gasteiger partial charge is 0.446 e. The second-order valence-corrected chi connectivity index (χ2v) is 6.34.